The highest BCUT2D eigenvalue weighted by molar-refractivity contribution is 5.94. The highest BCUT2D eigenvalue weighted by atomic mass is 16.6. The van der Waals surface area contributed by atoms with Crippen molar-refractivity contribution in [3.63, 3.8) is 0 Å². The maximum absolute atomic E-state index is 12.0. The first-order chi connectivity index (χ1) is 13.5. The maximum Gasteiger partial charge on any atom is 0.336 e. The number of ether oxygens (including phenoxy) is 1. The number of hydrogen-bond donors (Lipinski definition) is 1. The van der Waals surface area contributed by atoms with Crippen LogP contribution in [0.3, 0.4) is 0 Å². The van der Waals surface area contributed by atoms with E-state index in [4.69, 9.17) is 9.15 Å². The van der Waals surface area contributed by atoms with Crippen LogP contribution < -0.4 is 15.7 Å². The van der Waals surface area contributed by atoms with Crippen LogP contribution in [-0.4, -0.2) is 23.5 Å². The number of nitrogens with one attached hydrogen (secondary N) is 1. The minimum atomic E-state index is -0.551. The summed E-state index contributed by atoms with van der Waals surface area (Å²) in [6, 6.07) is 12.5. The first kappa shape index (κ1) is 17.7. The summed E-state index contributed by atoms with van der Waals surface area (Å²) < 4.78 is 10.7. The van der Waals surface area contributed by atoms with Crippen LogP contribution in [0.1, 0.15) is 12.8 Å². The number of carbonyl (C=O) groups is 1. The number of non-ortho nitro benzene ring substituents is 1. The van der Waals surface area contributed by atoms with Gasteiger partial charge < -0.3 is 14.5 Å². The van der Waals surface area contributed by atoms with Crippen LogP contribution in [0.15, 0.2) is 57.7 Å². The van der Waals surface area contributed by atoms with Crippen LogP contribution in [0.4, 0.5) is 5.69 Å². The van der Waals surface area contributed by atoms with Crippen LogP contribution in [0.5, 0.6) is 5.75 Å². The molecule has 0 bridgehead atoms. The molecule has 8 heteroatoms. The predicted molar refractivity (Wildman–Crippen MR) is 101 cm³/mol. The van der Waals surface area contributed by atoms with E-state index in [0.29, 0.717) is 27.8 Å². The molecule has 1 saturated carbocycles. The second-order valence-electron chi connectivity index (χ2n) is 6.57. The van der Waals surface area contributed by atoms with E-state index < -0.39 is 10.5 Å². The molecule has 3 aromatic rings. The van der Waals surface area contributed by atoms with Gasteiger partial charge in [-0.2, -0.15) is 0 Å². The Balaban J connectivity index is 1.62. The molecule has 8 nitrogen and oxygen atoms in total. The average Bonchev–Trinajstić information content (AvgIpc) is 3.49. The minimum Gasteiger partial charge on any atom is -0.484 e. The van der Waals surface area contributed by atoms with Crippen LogP contribution in [-0.2, 0) is 4.79 Å². The Hall–Kier alpha value is -3.68. The van der Waals surface area contributed by atoms with Crippen molar-refractivity contribution in [3.8, 4) is 16.9 Å². The molecule has 2 aromatic carbocycles. The first-order valence-electron chi connectivity index (χ1n) is 8.74. The number of nitrogens with zero attached hydrogens (tertiary/aromatic N) is 1. The third-order valence-electron chi connectivity index (χ3n) is 4.42. The fourth-order valence-electron chi connectivity index (χ4n) is 2.88. The van der Waals surface area contributed by atoms with E-state index in [1.54, 1.807) is 30.3 Å². The number of amides is 1. The molecule has 1 N–H and O–H groups in total. The van der Waals surface area contributed by atoms with E-state index in [9.17, 15) is 19.7 Å². The number of benzene rings is 2. The standard InChI is InChI=1S/C20H16N2O6/c23-19(21-13-3-4-13)11-27-15-7-8-16-17(10-20(24)28-18(16)9-15)12-1-5-14(6-2-12)22(25)26/h1-2,5-10,13H,3-4,11H2,(H,21,23). The van der Waals surface area contributed by atoms with E-state index >= 15 is 0 Å². The Bertz CT molecular complexity index is 1120. The van der Waals surface area contributed by atoms with E-state index in [2.05, 4.69) is 5.32 Å². The molecular formula is C20H16N2O6. The van der Waals surface area contributed by atoms with E-state index in [1.165, 1.54) is 18.2 Å². The molecule has 1 heterocycles. The van der Waals surface area contributed by atoms with Gasteiger partial charge in [-0.25, -0.2) is 4.79 Å². The third-order valence-corrected chi connectivity index (χ3v) is 4.42. The Morgan fingerprint density at radius 2 is 1.93 bits per heavy atom. The van der Waals surface area contributed by atoms with Crippen LogP contribution in [0, 0.1) is 10.1 Å². The summed E-state index contributed by atoms with van der Waals surface area (Å²) in [5, 5.41) is 14.3. The molecule has 1 aliphatic rings. The molecule has 0 unspecified atom stereocenters. The number of rotatable bonds is 6. The van der Waals surface area contributed by atoms with Crippen molar-refractivity contribution in [2.45, 2.75) is 18.9 Å². The molecule has 28 heavy (non-hydrogen) atoms. The number of hydrogen-bond acceptors (Lipinski definition) is 6. The number of nitro groups is 1. The Labute approximate surface area is 158 Å². The average molecular weight is 380 g/mol. The van der Waals surface area contributed by atoms with Crippen molar-refractivity contribution >= 4 is 22.6 Å². The van der Waals surface area contributed by atoms with Crippen molar-refractivity contribution in [2.75, 3.05) is 6.61 Å². The molecule has 1 aliphatic carbocycles. The van der Waals surface area contributed by atoms with Gasteiger partial charge in [0.05, 0.1) is 4.92 Å². The highest BCUT2D eigenvalue weighted by Crippen LogP contribution is 2.30. The first-order valence-corrected chi connectivity index (χ1v) is 8.74. The molecule has 1 aromatic heterocycles. The van der Waals surface area contributed by atoms with Gasteiger partial charge in [-0.15, -0.1) is 0 Å². The summed E-state index contributed by atoms with van der Waals surface area (Å²) in [5.41, 5.74) is 0.974. The molecule has 4 rings (SSSR count). The Kier molecular flexibility index (Phi) is 4.52. The zero-order valence-corrected chi connectivity index (χ0v) is 14.7. The summed E-state index contributed by atoms with van der Waals surface area (Å²) >= 11 is 0. The van der Waals surface area contributed by atoms with Crippen LogP contribution in [0.25, 0.3) is 22.1 Å². The lowest BCUT2D eigenvalue weighted by Gasteiger charge is -2.09. The van der Waals surface area contributed by atoms with Gasteiger partial charge in [0.2, 0.25) is 0 Å². The quantitative estimate of drug-likeness (QED) is 0.400. The smallest absolute Gasteiger partial charge is 0.336 e. The molecule has 142 valence electrons. The summed E-state index contributed by atoms with van der Waals surface area (Å²) in [6.45, 7) is -0.117. The fraction of sp³-hybridized carbons (Fsp3) is 0.200. The molecule has 0 radical (unpaired) electrons. The fourth-order valence-corrected chi connectivity index (χ4v) is 2.88. The molecule has 0 atom stereocenters. The van der Waals surface area contributed by atoms with Gasteiger partial charge >= 0.3 is 5.63 Å². The topological polar surface area (TPSA) is 112 Å². The van der Waals surface area contributed by atoms with Gasteiger partial charge in [-0.1, -0.05) is 0 Å². The highest BCUT2D eigenvalue weighted by Gasteiger charge is 2.23. The molecule has 0 spiro atoms. The summed E-state index contributed by atoms with van der Waals surface area (Å²) in [5.74, 6) is 0.214. The monoisotopic (exact) mass is 380 g/mol. The van der Waals surface area contributed by atoms with Crippen molar-refractivity contribution < 1.29 is 18.9 Å². The Morgan fingerprint density at radius 1 is 1.18 bits per heavy atom. The lowest BCUT2D eigenvalue weighted by atomic mass is 10.0. The molecule has 0 aliphatic heterocycles. The van der Waals surface area contributed by atoms with Gasteiger partial charge in [-0.05, 0) is 48.2 Å². The van der Waals surface area contributed by atoms with Gasteiger partial charge in [-0.3, -0.25) is 14.9 Å². The third kappa shape index (κ3) is 3.85. The van der Waals surface area contributed by atoms with Crippen molar-refractivity contribution in [1.29, 1.82) is 0 Å². The van der Waals surface area contributed by atoms with Crippen molar-refractivity contribution in [3.05, 3.63) is 69.1 Å². The van der Waals surface area contributed by atoms with Crippen LogP contribution in [0.2, 0.25) is 0 Å². The zero-order chi connectivity index (χ0) is 19.7. The summed E-state index contributed by atoms with van der Waals surface area (Å²) in [7, 11) is 0. The van der Waals surface area contributed by atoms with Crippen molar-refractivity contribution in [2.24, 2.45) is 0 Å². The van der Waals surface area contributed by atoms with Crippen molar-refractivity contribution in [1.82, 2.24) is 5.32 Å². The second-order valence-corrected chi connectivity index (χ2v) is 6.57. The second kappa shape index (κ2) is 7.15. The largest absolute Gasteiger partial charge is 0.484 e. The van der Waals surface area contributed by atoms with E-state index in [1.807, 2.05) is 0 Å². The van der Waals surface area contributed by atoms with Gasteiger partial charge in [0.15, 0.2) is 6.61 Å². The maximum atomic E-state index is 12.0. The molecule has 1 amide bonds. The normalized spacial score (nSPS) is 13.3. The SMILES string of the molecule is O=C(COc1ccc2c(-c3ccc([N+](=O)[O-])cc3)cc(=O)oc2c1)NC1CC1. The summed E-state index contributed by atoms with van der Waals surface area (Å²) in [6.07, 6.45) is 2.00. The molecular weight excluding hydrogens is 364 g/mol. The summed E-state index contributed by atoms with van der Waals surface area (Å²) in [4.78, 5) is 34.1. The van der Waals surface area contributed by atoms with Gasteiger partial charge in [0.25, 0.3) is 11.6 Å². The molecule has 0 saturated heterocycles. The number of fused-ring (bicyclic) bond motifs is 1. The Morgan fingerprint density at radius 3 is 2.61 bits per heavy atom. The minimum absolute atomic E-state index is 0.0313. The predicted octanol–water partition coefficient (Wildman–Crippen LogP) is 3.03. The lowest BCUT2D eigenvalue weighted by Crippen LogP contribution is -2.30. The van der Waals surface area contributed by atoms with Crippen LogP contribution >= 0.6 is 0 Å². The van der Waals surface area contributed by atoms with Gasteiger partial charge in [0.1, 0.15) is 11.3 Å². The van der Waals surface area contributed by atoms with E-state index in [-0.39, 0.29) is 24.2 Å². The van der Waals surface area contributed by atoms with E-state index in [0.717, 1.165) is 12.8 Å². The molecule has 1 fully saturated rings. The lowest BCUT2D eigenvalue weighted by molar-refractivity contribution is -0.384. The number of nitro benzene ring substituents is 1. The number of carbonyl (C=O) groups excluding carboxylic acids is 1. The zero-order valence-electron chi connectivity index (χ0n) is 14.7. The van der Waals surface area contributed by atoms with Gasteiger partial charge in [0, 0.05) is 35.7 Å².